The van der Waals surface area contributed by atoms with E-state index < -0.39 is 0 Å². The van der Waals surface area contributed by atoms with Gasteiger partial charge < -0.3 is 4.90 Å². The topological polar surface area (TPSA) is 76.4 Å². The Bertz CT molecular complexity index is 1000. The van der Waals surface area contributed by atoms with Crippen LogP contribution < -0.4 is 5.06 Å². The third kappa shape index (κ3) is 3.97. The molecule has 1 aliphatic heterocycles. The average molecular weight is 392 g/mol. The number of nitrogens with zero attached hydrogens (tertiary/aromatic N) is 6. The fraction of sp³-hybridized carbons (Fsp3) is 0.333. The van der Waals surface area contributed by atoms with Gasteiger partial charge in [0.1, 0.15) is 0 Å². The molecule has 4 rings (SSSR count). The van der Waals surface area contributed by atoms with Gasteiger partial charge in [-0.3, -0.25) is 19.7 Å². The summed E-state index contributed by atoms with van der Waals surface area (Å²) in [5.74, 6) is -0.0511. The molecular formula is C21H24N6O2. The Kier molecular flexibility index (Phi) is 5.26. The largest absolute Gasteiger partial charge is 0.332 e. The third-order valence-electron chi connectivity index (χ3n) is 4.99. The second kappa shape index (κ2) is 8.00. The Balaban J connectivity index is 1.60. The van der Waals surface area contributed by atoms with E-state index in [-0.39, 0.29) is 11.9 Å². The maximum Gasteiger partial charge on any atom is 0.256 e. The summed E-state index contributed by atoms with van der Waals surface area (Å²) in [4.78, 5) is 27.1. The summed E-state index contributed by atoms with van der Waals surface area (Å²) in [7, 11) is 0. The van der Waals surface area contributed by atoms with E-state index in [2.05, 4.69) is 15.2 Å². The molecule has 2 aromatic heterocycles. The zero-order valence-corrected chi connectivity index (χ0v) is 16.8. The van der Waals surface area contributed by atoms with Crippen LogP contribution in [0.25, 0.3) is 5.69 Å². The summed E-state index contributed by atoms with van der Waals surface area (Å²) in [5, 5.41) is 10.2. The second-order valence-electron chi connectivity index (χ2n) is 7.24. The van der Waals surface area contributed by atoms with Crippen LogP contribution in [0.5, 0.6) is 0 Å². The first-order chi connectivity index (χ1) is 14.0. The molecule has 1 fully saturated rings. The maximum atomic E-state index is 13.5. The van der Waals surface area contributed by atoms with Crippen molar-refractivity contribution in [2.75, 3.05) is 24.8 Å². The Morgan fingerprint density at radius 2 is 1.86 bits per heavy atom. The molecule has 0 unspecified atom stereocenters. The molecule has 0 saturated carbocycles. The van der Waals surface area contributed by atoms with Gasteiger partial charge in [0.2, 0.25) is 0 Å². The highest BCUT2D eigenvalue weighted by Gasteiger charge is 2.28. The molecular weight excluding hydrogens is 368 g/mol. The predicted molar refractivity (Wildman–Crippen MR) is 109 cm³/mol. The molecule has 1 atom stereocenters. The molecule has 1 aliphatic rings. The first-order valence-electron chi connectivity index (χ1n) is 9.64. The summed E-state index contributed by atoms with van der Waals surface area (Å²) in [6.45, 7) is 7.44. The standard InChI is InChI=1S/C21H24N6O2/c1-15-4-5-20(27-23-8-9-24-27)19(12-15)21(28)25-10-11-26(29-14-17(25)3)18-6-7-22-16(2)13-18/h4-9,12-13,17H,10-11,14H2,1-3H3/t17-/m1/s1. The smallest absolute Gasteiger partial charge is 0.256 e. The van der Waals surface area contributed by atoms with Crippen LogP contribution in [-0.2, 0) is 4.84 Å². The van der Waals surface area contributed by atoms with Crippen LogP contribution in [0.4, 0.5) is 5.69 Å². The van der Waals surface area contributed by atoms with Crippen LogP contribution in [0.15, 0.2) is 48.9 Å². The van der Waals surface area contributed by atoms with Crippen molar-refractivity contribution in [2.24, 2.45) is 0 Å². The number of anilines is 1. The molecule has 1 saturated heterocycles. The maximum absolute atomic E-state index is 13.5. The van der Waals surface area contributed by atoms with E-state index in [4.69, 9.17) is 4.84 Å². The first kappa shape index (κ1) is 19.1. The van der Waals surface area contributed by atoms with Gasteiger partial charge in [-0.05, 0) is 45.0 Å². The molecule has 1 amide bonds. The van der Waals surface area contributed by atoms with Crippen molar-refractivity contribution < 1.29 is 9.63 Å². The van der Waals surface area contributed by atoms with Crippen LogP contribution in [0.1, 0.15) is 28.5 Å². The van der Waals surface area contributed by atoms with Crippen molar-refractivity contribution in [1.82, 2.24) is 24.9 Å². The van der Waals surface area contributed by atoms with Gasteiger partial charge in [0, 0.05) is 18.4 Å². The number of aryl methyl sites for hydroxylation is 2. The van der Waals surface area contributed by atoms with Gasteiger partial charge in [0.25, 0.3) is 5.91 Å². The van der Waals surface area contributed by atoms with Crippen molar-refractivity contribution >= 4 is 11.6 Å². The summed E-state index contributed by atoms with van der Waals surface area (Å²) in [6.07, 6.45) is 4.97. The van der Waals surface area contributed by atoms with Crippen molar-refractivity contribution in [2.45, 2.75) is 26.8 Å². The molecule has 3 aromatic rings. The normalized spacial score (nSPS) is 17.3. The zero-order chi connectivity index (χ0) is 20.4. The van der Waals surface area contributed by atoms with Gasteiger partial charge in [0.05, 0.1) is 48.5 Å². The molecule has 0 N–H and O–H groups in total. The molecule has 29 heavy (non-hydrogen) atoms. The molecule has 0 spiro atoms. The number of pyridine rings is 1. The van der Waals surface area contributed by atoms with E-state index in [0.717, 1.165) is 16.9 Å². The minimum atomic E-state index is -0.0747. The van der Waals surface area contributed by atoms with Gasteiger partial charge >= 0.3 is 0 Å². The number of hydroxylamine groups is 1. The number of benzene rings is 1. The fourth-order valence-electron chi connectivity index (χ4n) is 3.45. The molecule has 0 bridgehead atoms. The Morgan fingerprint density at radius 3 is 2.62 bits per heavy atom. The summed E-state index contributed by atoms with van der Waals surface area (Å²) >= 11 is 0. The number of rotatable bonds is 3. The van der Waals surface area contributed by atoms with Crippen LogP contribution in [0.3, 0.4) is 0 Å². The monoisotopic (exact) mass is 392 g/mol. The SMILES string of the molecule is Cc1ccc(-n2nccn2)c(C(=O)N2CCN(c3ccnc(C)c3)OC[C@H]2C)c1. The van der Waals surface area contributed by atoms with E-state index in [9.17, 15) is 4.79 Å². The van der Waals surface area contributed by atoms with Gasteiger partial charge in [0.15, 0.2) is 0 Å². The van der Waals surface area contributed by atoms with E-state index in [1.807, 2.05) is 61.1 Å². The number of carbonyl (C=O) groups is 1. The van der Waals surface area contributed by atoms with Crippen molar-refractivity contribution in [3.05, 3.63) is 65.7 Å². The zero-order valence-electron chi connectivity index (χ0n) is 16.8. The second-order valence-corrected chi connectivity index (χ2v) is 7.24. The minimum Gasteiger partial charge on any atom is -0.332 e. The highest BCUT2D eigenvalue weighted by Crippen LogP contribution is 2.22. The van der Waals surface area contributed by atoms with Gasteiger partial charge in [-0.2, -0.15) is 15.0 Å². The predicted octanol–water partition coefficient (Wildman–Crippen LogP) is 2.56. The van der Waals surface area contributed by atoms with E-state index >= 15 is 0 Å². The van der Waals surface area contributed by atoms with E-state index in [1.165, 1.54) is 4.80 Å². The lowest BCUT2D eigenvalue weighted by molar-refractivity contribution is 0.0602. The van der Waals surface area contributed by atoms with Crippen molar-refractivity contribution in [3.8, 4) is 5.69 Å². The molecule has 1 aromatic carbocycles. The van der Waals surface area contributed by atoms with Gasteiger partial charge in [-0.25, -0.2) is 0 Å². The van der Waals surface area contributed by atoms with Gasteiger partial charge in [-0.1, -0.05) is 11.6 Å². The van der Waals surface area contributed by atoms with Crippen molar-refractivity contribution in [3.63, 3.8) is 0 Å². The summed E-state index contributed by atoms with van der Waals surface area (Å²) in [6, 6.07) is 9.55. The lowest BCUT2D eigenvalue weighted by atomic mass is 10.1. The molecule has 8 nitrogen and oxygen atoms in total. The molecule has 0 aliphatic carbocycles. The number of carbonyl (C=O) groups excluding carboxylic acids is 1. The Labute approximate surface area is 169 Å². The summed E-state index contributed by atoms with van der Waals surface area (Å²) in [5.41, 5.74) is 4.13. The van der Waals surface area contributed by atoms with Crippen molar-refractivity contribution in [1.29, 1.82) is 0 Å². The molecule has 0 radical (unpaired) electrons. The summed E-state index contributed by atoms with van der Waals surface area (Å²) < 4.78 is 0. The quantitative estimate of drug-likeness (QED) is 0.682. The third-order valence-corrected chi connectivity index (χ3v) is 4.99. The van der Waals surface area contributed by atoms with Gasteiger partial charge in [-0.15, -0.1) is 0 Å². The van der Waals surface area contributed by atoms with Crippen LogP contribution >= 0.6 is 0 Å². The minimum absolute atomic E-state index is 0.0511. The van der Waals surface area contributed by atoms with E-state index in [0.29, 0.717) is 30.9 Å². The molecule has 150 valence electrons. The lowest BCUT2D eigenvalue weighted by Crippen LogP contribution is -2.41. The average Bonchev–Trinajstić information content (AvgIpc) is 3.17. The van der Waals surface area contributed by atoms with Crippen LogP contribution in [-0.4, -0.2) is 56.5 Å². The number of hydrogen-bond donors (Lipinski definition) is 0. The van der Waals surface area contributed by atoms with E-state index in [1.54, 1.807) is 18.6 Å². The molecule has 8 heteroatoms. The number of aromatic nitrogens is 4. The number of amides is 1. The number of hydrogen-bond acceptors (Lipinski definition) is 6. The Hall–Kier alpha value is -3.26. The molecule has 3 heterocycles. The van der Waals surface area contributed by atoms with Crippen LogP contribution in [0, 0.1) is 13.8 Å². The fourth-order valence-corrected chi connectivity index (χ4v) is 3.45. The highest BCUT2D eigenvalue weighted by molar-refractivity contribution is 5.98. The lowest BCUT2D eigenvalue weighted by Gasteiger charge is -2.26. The highest BCUT2D eigenvalue weighted by atomic mass is 16.7. The first-order valence-corrected chi connectivity index (χ1v) is 9.64. The van der Waals surface area contributed by atoms with Crippen LogP contribution in [0.2, 0.25) is 0 Å². The Morgan fingerprint density at radius 1 is 1.07 bits per heavy atom.